The van der Waals surface area contributed by atoms with E-state index in [0.29, 0.717) is 23.7 Å². The van der Waals surface area contributed by atoms with E-state index in [0.717, 1.165) is 0 Å². The second-order valence-corrected chi connectivity index (χ2v) is 7.70. The second kappa shape index (κ2) is 6.95. The highest BCUT2D eigenvalue weighted by Crippen LogP contribution is 2.32. The van der Waals surface area contributed by atoms with Crippen LogP contribution in [-0.4, -0.2) is 36.3 Å². The van der Waals surface area contributed by atoms with Crippen molar-refractivity contribution in [2.45, 2.75) is 38.2 Å². The summed E-state index contributed by atoms with van der Waals surface area (Å²) in [6, 6.07) is 3.99. The fourth-order valence-electron chi connectivity index (χ4n) is 2.61. The normalized spacial score (nSPS) is 16.1. The Bertz CT molecular complexity index is 1040. The number of carbonyl (C=O) groups is 2. The van der Waals surface area contributed by atoms with Gasteiger partial charge in [-0.25, -0.2) is 23.1 Å². The molecule has 0 spiro atoms. The molecule has 1 aliphatic heterocycles. The summed E-state index contributed by atoms with van der Waals surface area (Å²) in [5.74, 6) is -0.343. The Hall–Kier alpha value is -3.01. The Kier molecular flexibility index (Phi) is 4.83. The molecule has 1 aromatic heterocycles. The molecule has 0 bridgehead atoms. The summed E-state index contributed by atoms with van der Waals surface area (Å²) in [4.78, 5) is 32.0. The molecule has 2 heterocycles. The first-order valence-electron chi connectivity index (χ1n) is 8.20. The number of sulfonamides is 1. The maximum absolute atomic E-state index is 12.6. The first-order chi connectivity index (χ1) is 12.7. The fraction of sp³-hybridized carbons (Fsp3) is 0.294. The van der Waals surface area contributed by atoms with E-state index in [-0.39, 0.29) is 22.1 Å². The number of ether oxygens (including phenoxy) is 1. The second-order valence-electron chi connectivity index (χ2n) is 6.01. The number of rotatable bonds is 4. The number of aryl methyl sites for hydroxylation is 2. The smallest absolute Gasteiger partial charge is 0.268 e. The lowest BCUT2D eigenvalue weighted by molar-refractivity contribution is -0.123. The molecule has 1 aliphatic rings. The zero-order valence-corrected chi connectivity index (χ0v) is 15.8. The molecule has 0 fully saturated rings. The molecule has 2 amide bonds. The van der Waals surface area contributed by atoms with Gasteiger partial charge in [0.1, 0.15) is 11.6 Å². The summed E-state index contributed by atoms with van der Waals surface area (Å²) in [6.45, 7) is 5.06. The monoisotopic (exact) mass is 390 g/mol. The molecule has 9 nitrogen and oxygen atoms in total. The predicted molar refractivity (Wildman–Crippen MR) is 95.9 cm³/mol. The molecule has 0 saturated heterocycles. The first kappa shape index (κ1) is 18.8. The van der Waals surface area contributed by atoms with Gasteiger partial charge in [-0.3, -0.25) is 9.59 Å². The van der Waals surface area contributed by atoms with Crippen LogP contribution < -0.4 is 14.8 Å². The highest BCUT2D eigenvalue weighted by atomic mass is 32.2. The van der Waals surface area contributed by atoms with Crippen molar-refractivity contribution in [2.24, 2.45) is 0 Å². The first-order valence-corrected chi connectivity index (χ1v) is 9.68. The highest BCUT2D eigenvalue weighted by Gasteiger charge is 2.28. The van der Waals surface area contributed by atoms with Gasteiger partial charge in [-0.05, 0) is 38.5 Å². The van der Waals surface area contributed by atoms with Crippen LogP contribution in [0.3, 0.4) is 0 Å². The van der Waals surface area contributed by atoms with E-state index >= 15 is 0 Å². The van der Waals surface area contributed by atoms with Crippen molar-refractivity contribution in [1.29, 1.82) is 0 Å². The fourth-order valence-corrected chi connectivity index (χ4v) is 3.60. The number of nitrogens with one attached hydrogen (secondary N) is 2. The Balaban J connectivity index is 1.86. The number of hydrogen-bond acceptors (Lipinski definition) is 7. The minimum atomic E-state index is -4.17. The summed E-state index contributed by atoms with van der Waals surface area (Å²) in [7, 11) is -4.17. The molecular weight excluding hydrogens is 372 g/mol. The third-order valence-corrected chi connectivity index (χ3v) is 5.35. The van der Waals surface area contributed by atoms with E-state index in [9.17, 15) is 18.0 Å². The number of amides is 2. The summed E-state index contributed by atoms with van der Waals surface area (Å²) in [5, 5.41) is 2.61. The number of nitrogens with zero attached hydrogens (tertiary/aromatic N) is 2. The van der Waals surface area contributed by atoms with Gasteiger partial charge in [0.25, 0.3) is 21.8 Å². The van der Waals surface area contributed by atoms with Gasteiger partial charge >= 0.3 is 0 Å². The summed E-state index contributed by atoms with van der Waals surface area (Å²) >= 11 is 0. The van der Waals surface area contributed by atoms with Gasteiger partial charge < -0.3 is 10.1 Å². The van der Waals surface area contributed by atoms with Crippen molar-refractivity contribution in [2.75, 3.05) is 5.32 Å². The number of benzene rings is 1. The van der Waals surface area contributed by atoms with Crippen molar-refractivity contribution >= 4 is 27.5 Å². The molecule has 1 atom stereocenters. The van der Waals surface area contributed by atoms with Gasteiger partial charge in [-0.2, -0.15) is 0 Å². The molecule has 142 valence electrons. The zero-order chi connectivity index (χ0) is 19.8. The van der Waals surface area contributed by atoms with Gasteiger partial charge in [0.2, 0.25) is 0 Å². The van der Waals surface area contributed by atoms with E-state index in [1.54, 1.807) is 20.8 Å². The van der Waals surface area contributed by atoms with Crippen molar-refractivity contribution in [3.63, 3.8) is 0 Å². The van der Waals surface area contributed by atoms with Crippen molar-refractivity contribution < 1.29 is 22.7 Å². The average molecular weight is 390 g/mol. The largest absolute Gasteiger partial charge is 0.478 e. The predicted octanol–water partition coefficient (Wildman–Crippen LogP) is 1.32. The maximum Gasteiger partial charge on any atom is 0.268 e. The Morgan fingerprint density at radius 3 is 2.74 bits per heavy atom. The topological polar surface area (TPSA) is 127 Å². The van der Waals surface area contributed by atoms with Gasteiger partial charge in [-0.1, -0.05) is 6.92 Å². The molecule has 0 radical (unpaired) electrons. The molecule has 2 aromatic rings. The van der Waals surface area contributed by atoms with Crippen LogP contribution in [0, 0.1) is 13.8 Å². The van der Waals surface area contributed by atoms with Crippen molar-refractivity contribution in [3.8, 4) is 5.75 Å². The molecular formula is C17H18N4O5S. The maximum atomic E-state index is 12.6. The third kappa shape index (κ3) is 3.75. The Labute approximate surface area is 156 Å². The van der Waals surface area contributed by atoms with Gasteiger partial charge in [0, 0.05) is 6.20 Å². The van der Waals surface area contributed by atoms with E-state index in [4.69, 9.17) is 4.74 Å². The highest BCUT2D eigenvalue weighted by molar-refractivity contribution is 7.90. The van der Waals surface area contributed by atoms with Gasteiger partial charge in [-0.15, -0.1) is 0 Å². The minimum Gasteiger partial charge on any atom is -0.478 e. The van der Waals surface area contributed by atoms with Crippen LogP contribution >= 0.6 is 0 Å². The zero-order valence-electron chi connectivity index (χ0n) is 14.9. The minimum absolute atomic E-state index is 0.0598. The van der Waals surface area contributed by atoms with Crippen LogP contribution in [0.2, 0.25) is 0 Å². The SMILES string of the molecule is CC[C@H]1Oc2ccc(S(=O)(=O)NC(=O)c3cnc(C)nc3C)cc2NC1=O. The van der Waals surface area contributed by atoms with E-state index in [1.165, 1.54) is 24.4 Å². The number of anilines is 1. The summed E-state index contributed by atoms with van der Waals surface area (Å²) in [5.41, 5.74) is 0.659. The van der Waals surface area contributed by atoms with Crippen molar-refractivity contribution in [3.05, 3.63) is 41.5 Å². The summed E-state index contributed by atoms with van der Waals surface area (Å²) < 4.78 is 32.6. The molecule has 27 heavy (non-hydrogen) atoms. The molecule has 3 rings (SSSR count). The lowest BCUT2D eigenvalue weighted by Gasteiger charge is -2.25. The quantitative estimate of drug-likeness (QED) is 0.806. The van der Waals surface area contributed by atoms with Crippen LogP contribution in [0.4, 0.5) is 5.69 Å². The average Bonchev–Trinajstić information content (AvgIpc) is 2.60. The van der Waals surface area contributed by atoms with Gasteiger partial charge in [0.05, 0.1) is 21.8 Å². The summed E-state index contributed by atoms with van der Waals surface area (Å²) in [6.07, 6.45) is 1.14. The van der Waals surface area contributed by atoms with E-state index in [2.05, 4.69) is 15.3 Å². The Morgan fingerprint density at radius 1 is 1.33 bits per heavy atom. The van der Waals surface area contributed by atoms with Crippen LogP contribution in [0.1, 0.15) is 35.2 Å². The lowest BCUT2D eigenvalue weighted by atomic mass is 10.2. The third-order valence-electron chi connectivity index (χ3n) is 4.02. The van der Waals surface area contributed by atoms with E-state index < -0.39 is 22.0 Å². The van der Waals surface area contributed by atoms with Crippen LogP contribution in [0.15, 0.2) is 29.3 Å². The number of fused-ring (bicyclic) bond motifs is 1. The van der Waals surface area contributed by atoms with Crippen LogP contribution in [0.25, 0.3) is 0 Å². The molecule has 10 heteroatoms. The standard InChI is InChI=1S/C17H18N4O5S/c1-4-14-17(23)20-13-7-11(5-6-15(13)26-14)27(24,25)21-16(22)12-8-18-10(3)19-9(12)2/h5-8,14H,4H2,1-3H3,(H,20,23)(H,21,22)/t14-/m1/s1. The molecule has 2 N–H and O–H groups in total. The molecule has 0 unspecified atom stereocenters. The van der Waals surface area contributed by atoms with E-state index in [1.807, 2.05) is 4.72 Å². The van der Waals surface area contributed by atoms with Crippen molar-refractivity contribution in [1.82, 2.24) is 14.7 Å². The molecule has 0 aliphatic carbocycles. The number of carbonyl (C=O) groups excluding carboxylic acids is 2. The lowest BCUT2D eigenvalue weighted by Crippen LogP contribution is -2.36. The number of hydrogen-bond donors (Lipinski definition) is 2. The van der Waals surface area contributed by atoms with Gasteiger partial charge in [0.15, 0.2) is 6.10 Å². The molecule has 1 aromatic carbocycles. The number of aromatic nitrogens is 2. The molecule has 0 saturated carbocycles. The van der Waals surface area contributed by atoms with Crippen LogP contribution in [0.5, 0.6) is 5.75 Å². The Morgan fingerprint density at radius 2 is 2.07 bits per heavy atom. The van der Waals surface area contributed by atoms with Crippen LogP contribution in [-0.2, 0) is 14.8 Å².